The van der Waals surface area contributed by atoms with Crippen LogP contribution in [0.25, 0.3) is 0 Å². The summed E-state index contributed by atoms with van der Waals surface area (Å²) in [7, 11) is 3.64. The normalized spacial score (nSPS) is 12.0. The van der Waals surface area contributed by atoms with Crippen LogP contribution in [0.15, 0.2) is 60.8 Å². The molecule has 124 valence electrons. The van der Waals surface area contributed by atoms with Crippen LogP contribution in [0.2, 0.25) is 0 Å². The smallest absolute Gasteiger partial charge is 0.118 e. The molecule has 1 aromatic heterocycles. The zero-order chi connectivity index (χ0) is 16.9. The summed E-state index contributed by atoms with van der Waals surface area (Å²) in [5, 5.41) is 8.20. The van der Waals surface area contributed by atoms with Gasteiger partial charge in [0, 0.05) is 13.2 Å². The second-order valence-corrected chi connectivity index (χ2v) is 5.78. The van der Waals surface area contributed by atoms with E-state index in [1.165, 1.54) is 11.1 Å². The van der Waals surface area contributed by atoms with Crippen LogP contribution in [-0.2, 0) is 13.5 Å². The minimum Gasteiger partial charge on any atom is -0.497 e. The molecule has 24 heavy (non-hydrogen) atoms. The number of aromatic nitrogens is 2. The summed E-state index contributed by atoms with van der Waals surface area (Å²) in [6.45, 7) is 2.12. The minimum absolute atomic E-state index is 0.0617. The number of anilines is 1. The van der Waals surface area contributed by atoms with Crippen molar-refractivity contribution >= 4 is 5.69 Å². The molecular formula is C20H23N3O. The Morgan fingerprint density at radius 1 is 1.04 bits per heavy atom. The number of benzene rings is 2. The highest BCUT2D eigenvalue weighted by atomic mass is 16.5. The molecule has 0 radical (unpaired) electrons. The van der Waals surface area contributed by atoms with Gasteiger partial charge < -0.3 is 10.1 Å². The summed E-state index contributed by atoms with van der Waals surface area (Å²) in [5.74, 6) is 0.862. The van der Waals surface area contributed by atoms with E-state index in [1.54, 1.807) is 7.11 Å². The Labute approximate surface area is 143 Å². The van der Waals surface area contributed by atoms with Gasteiger partial charge in [-0.15, -0.1) is 0 Å². The maximum atomic E-state index is 5.28. The molecule has 0 amide bonds. The van der Waals surface area contributed by atoms with Crippen molar-refractivity contribution in [2.24, 2.45) is 7.05 Å². The SMILES string of the molecule is CCc1nn(C)cc1NC(c1ccccc1)c1ccc(OC)cc1. The summed E-state index contributed by atoms with van der Waals surface area (Å²) in [6, 6.07) is 18.7. The number of rotatable bonds is 6. The highest BCUT2D eigenvalue weighted by molar-refractivity contribution is 5.52. The van der Waals surface area contributed by atoms with Crippen LogP contribution in [0.1, 0.15) is 29.8 Å². The molecule has 3 aromatic rings. The Bertz CT molecular complexity index is 778. The molecule has 0 bridgehead atoms. The largest absolute Gasteiger partial charge is 0.497 e. The van der Waals surface area contributed by atoms with E-state index in [4.69, 9.17) is 4.74 Å². The lowest BCUT2D eigenvalue weighted by Gasteiger charge is -2.21. The van der Waals surface area contributed by atoms with Crippen molar-refractivity contribution in [2.45, 2.75) is 19.4 Å². The van der Waals surface area contributed by atoms with Crippen molar-refractivity contribution in [1.29, 1.82) is 0 Å². The van der Waals surface area contributed by atoms with Gasteiger partial charge in [-0.25, -0.2) is 0 Å². The van der Waals surface area contributed by atoms with Crippen molar-refractivity contribution in [3.8, 4) is 5.75 Å². The van der Waals surface area contributed by atoms with Crippen molar-refractivity contribution in [3.05, 3.63) is 77.6 Å². The molecule has 4 nitrogen and oxygen atoms in total. The number of hydrogen-bond acceptors (Lipinski definition) is 3. The first-order chi connectivity index (χ1) is 11.7. The molecular weight excluding hydrogens is 298 g/mol. The van der Waals surface area contributed by atoms with Crippen LogP contribution in [0.3, 0.4) is 0 Å². The van der Waals surface area contributed by atoms with Crippen molar-refractivity contribution in [2.75, 3.05) is 12.4 Å². The van der Waals surface area contributed by atoms with Crippen molar-refractivity contribution in [1.82, 2.24) is 9.78 Å². The fourth-order valence-electron chi connectivity index (χ4n) is 2.87. The maximum Gasteiger partial charge on any atom is 0.118 e. The molecule has 1 N–H and O–H groups in total. The Kier molecular flexibility index (Phi) is 4.85. The summed E-state index contributed by atoms with van der Waals surface area (Å²) in [5.41, 5.74) is 4.55. The third kappa shape index (κ3) is 3.43. The van der Waals surface area contributed by atoms with E-state index in [2.05, 4.69) is 53.7 Å². The van der Waals surface area contributed by atoms with Gasteiger partial charge in [0.25, 0.3) is 0 Å². The Morgan fingerprint density at radius 2 is 1.71 bits per heavy atom. The van der Waals surface area contributed by atoms with Crippen molar-refractivity contribution < 1.29 is 4.74 Å². The van der Waals surface area contributed by atoms with Gasteiger partial charge in [-0.2, -0.15) is 5.10 Å². The molecule has 0 aliphatic heterocycles. The first-order valence-corrected chi connectivity index (χ1v) is 8.19. The Balaban J connectivity index is 1.98. The van der Waals surface area contributed by atoms with Crippen LogP contribution in [0.4, 0.5) is 5.69 Å². The molecule has 0 aliphatic carbocycles. The Hall–Kier alpha value is -2.75. The zero-order valence-corrected chi connectivity index (χ0v) is 14.4. The topological polar surface area (TPSA) is 39.1 Å². The van der Waals surface area contributed by atoms with Crippen LogP contribution < -0.4 is 10.1 Å². The molecule has 0 saturated carbocycles. The van der Waals surface area contributed by atoms with Crippen LogP contribution in [-0.4, -0.2) is 16.9 Å². The Morgan fingerprint density at radius 3 is 2.33 bits per heavy atom. The average Bonchev–Trinajstić information content (AvgIpc) is 3.00. The number of hydrogen-bond donors (Lipinski definition) is 1. The standard InChI is InChI=1S/C20H23N3O/c1-4-18-19(14-23(2)22-18)21-20(15-8-6-5-7-9-15)16-10-12-17(24-3)13-11-16/h5-14,20-21H,4H2,1-3H3. The van der Waals surface area contributed by atoms with E-state index >= 15 is 0 Å². The molecule has 0 fully saturated rings. The van der Waals surface area contributed by atoms with E-state index in [1.807, 2.05) is 36.1 Å². The highest BCUT2D eigenvalue weighted by Crippen LogP contribution is 2.29. The van der Waals surface area contributed by atoms with Gasteiger partial charge in [0.2, 0.25) is 0 Å². The van der Waals surface area contributed by atoms with Crippen molar-refractivity contribution in [3.63, 3.8) is 0 Å². The third-order valence-electron chi connectivity index (χ3n) is 4.12. The van der Waals surface area contributed by atoms with Crippen LogP contribution in [0, 0.1) is 0 Å². The molecule has 1 unspecified atom stereocenters. The fourth-order valence-corrected chi connectivity index (χ4v) is 2.87. The molecule has 1 atom stereocenters. The highest BCUT2D eigenvalue weighted by Gasteiger charge is 2.17. The monoisotopic (exact) mass is 321 g/mol. The third-order valence-corrected chi connectivity index (χ3v) is 4.12. The van der Waals surface area contributed by atoms with E-state index < -0.39 is 0 Å². The predicted molar refractivity (Wildman–Crippen MR) is 97.5 cm³/mol. The summed E-state index contributed by atoms with van der Waals surface area (Å²) in [6.07, 6.45) is 2.94. The van der Waals surface area contributed by atoms with E-state index in [0.717, 1.165) is 23.6 Å². The number of aryl methyl sites for hydroxylation is 2. The number of nitrogens with zero attached hydrogens (tertiary/aromatic N) is 2. The van der Waals surface area contributed by atoms with Gasteiger partial charge in [-0.3, -0.25) is 4.68 Å². The van der Waals surface area contributed by atoms with Gasteiger partial charge in [0.15, 0.2) is 0 Å². The predicted octanol–water partition coefficient (Wildman–Crippen LogP) is 4.19. The van der Waals surface area contributed by atoms with E-state index in [9.17, 15) is 0 Å². The summed E-state index contributed by atoms with van der Waals surface area (Å²) in [4.78, 5) is 0. The first kappa shape index (κ1) is 16.1. The van der Waals surface area contributed by atoms with Crippen LogP contribution in [0.5, 0.6) is 5.75 Å². The molecule has 0 saturated heterocycles. The number of ether oxygens (including phenoxy) is 1. The lowest BCUT2D eigenvalue weighted by molar-refractivity contribution is 0.414. The van der Waals surface area contributed by atoms with Gasteiger partial charge in [0.1, 0.15) is 5.75 Å². The lowest BCUT2D eigenvalue weighted by Crippen LogP contribution is -2.13. The average molecular weight is 321 g/mol. The van der Waals surface area contributed by atoms with Gasteiger partial charge in [-0.1, -0.05) is 49.4 Å². The molecule has 0 spiro atoms. The summed E-state index contributed by atoms with van der Waals surface area (Å²) < 4.78 is 7.14. The maximum absolute atomic E-state index is 5.28. The summed E-state index contributed by atoms with van der Waals surface area (Å²) >= 11 is 0. The van der Waals surface area contributed by atoms with E-state index in [0.29, 0.717) is 0 Å². The first-order valence-electron chi connectivity index (χ1n) is 8.19. The lowest BCUT2D eigenvalue weighted by atomic mass is 9.98. The second kappa shape index (κ2) is 7.21. The number of nitrogens with one attached hydrogen (secondary N) is 1. The van der Waals surface area contributed by atoms with E-state index in [-0.39, 0.29) is 6.04 Å². The molecule has 1 heterocycles. The van der Waals surface area contributed by atoms with Gasteiger partial charge in [0.05, 0.1) is 24.5 Å². The second-order valence-electron chi connectivity index (χ2n) is 5.78. The van der Waals surface area contributed by atoms with Gasteiger partial charge in [-0.05, 0) is 29.7 Å². The zero-order valence-electron chi connectivity index (χ0n) is 14.4. The van der Waals surface area contributed by atoms with Crippen LogP contribution >= 0.6 is 0 Å². The molecule has 3 rings (SSSR count). The molecule has 0 aliphatic rings. The molecule has 4 heteroatoms. The number of methoxy groups -OCH3 is 1. The fraction of sp³-hybridized carbons (Fsp3) is 0.250. The minimum atomic E-state index is 0.0617. The van der Waals surface area contributed by atoms with Gasteiger partial charge >= 0.3 is 0 Å². The molecule has 2 aromatic carbocycles. The quantitative estimate of drug-likeness (QED) is 0.740.